The van der Waals surface area contributed by atoms with Crippen molar-refractivity contribution in [3.63, 3.8) is 0 Å². The highest BCUT2D eigenvalue weighted by atomic mass is 32.1. The Hall–Kier alpha value is -0.630. The zero-order valence-corrected chi connectivity index (χ0v) is 6.83. The molecule has 2 heteroatoms. The lowest BCUT2D eigenvalue weighted by atomic mass is 10.3. The van der Waals surface area contributed by atoms with E-state index in [2.05, 4.69) is 0 Å². The van der Waals surface area contributed by atoms with E-state index in [1.165, 1.54) is 4.88 Å². The Balaban J connectivity index is 2.95. The molecular weight excluding hydrogens is 147 g/mol. The Morgan fingerprint density at radius 2 is 2.30 bits per heavy atom. The van der Waals surface area contributed by atoms with Crippen molar-refractivity contribution in [2.75, 3.05) is 0 Å². The normalized spacial score (nSPS) is 12.1. The minimum absolute atomic E-state index is 0.644. The summed E-state index contributed by atoms with van der Waals surface area (Å²) in [5.41, 5.74) is 0.707. The summed E-state index contributed by atoms with van der Waals surface area (Å²) >= 11 is 1.61. The molecule has 0 saturated heterocycles. The summed E-state index contributed by atoms with van der Waals surface area (Å²) in [6.45, 7) is 3.78. The number of thiophene rings is 1. The average molecular weight is 156 g/mol. The van der Waals surface area contributed by atoms with Crippen molar-refractivity contribution < 1.29 is 4.39 Å². The second-order valence-electron chi connectivity index (χ2n) is 2.20. The predicted octanol–water partition coefficient (Wildman–Crippen LogP) is 3.39. The predicted molar refractivity (Wildman–Crippen MR) is 43.8 cm³/mol. The topological polar surface area (TPSA) is 0 Å². The molecule has 0 N–H and O–H groups in total. The standard InChI is InChI=1S/C8H9FS/c1-6(5-9)8-4-3-7(2)10-8/h3-5H,1-2H3/b6-5-. The van der Waals surface area contributed by atoms with Gasteiger partial charge in [0, 0.05) is 9.75 Å². The van der Waals surface area contributed by atoms with Crippen LogP contribution in [-0.4, -0.2) is 0 Å². The zero-order chi connectivity index (χ0) is 7.56. The van der Waals surface area contributed by atoms with Gasteiger partial charge < -0.3 is 0 Å². The molecule has 0 aliphatic carbocycles. The largest absolute Gasteiger partial charge is 0.215 e. The molecule has 54 valence electrons. The highest BCUT2D eigenvalue weighted by molar-refractivity contribution is 7.13. The molecule has 1 heterocycles. The van der Waals surface area contributed by atoms with E-state index in [-0.39, 0.29) is 0 Å². The van der Waals surface area contributed by atoms with Crippen LogP contribution in [0.1, 0.15) is 16.7 Å². The van der Waals surface area contributed by atoms with Crippen molar-refractivity contribution in [1.82, 2.24) is 0 Å². The van der Waals surface area contributed by atoms with Gasteiger partial charge in [0.2, 0.25) is 0 Å². The van der Waals surface area contributed by atoms with Crippen LogP contribution in [0.25, 0.3) is 5.57 Å². The molecule has 0 aromatic carbocycles. The van der Waals surface area contributed by atoms with Gasteiger partial charge in [0.1, 0.15) is 0 Å². The third-order valence-corrected chi connectivity index (χ3v) is 2.43. The molecule has 10 heavy (non-hydrogen) atoms. The summed E-state index contributed by atoms with van der Waals surface area (Å²) in [5.74, 6) is 0. The van der Waals surface area contributed by atoms with Gasteiger partial charge in [-0.25, -0.2) is 4.39 Å². The minimum atomic E-state index is 0.644. The lowest BCUT2D eigenvalue weighted by Crippen LogP contribution is -1.65. The number of halogens is 1. The Morgan fingerprint density at radius 3 is 2.70 bits per heavy atom. The van der Waals surface area contributed by atoms with E-state index in [9.17, 15) is 4.39 Å². The number of aryl methyl sites for hydroxylation is 1. The van der Waals surface area contributed by atoms with Gasteiger partial charge in [-0.15, -0.1) is 11.3 Å². The maximum atomic E-state index is 11.9. The van der Waals surface area contributed by atoms with Crippen molar-refractivity contribution in [1.29, 1.82) is 0 Å². The second kappa shape index (κ2) is 2.97. The summed E-state index contributed by atoms with van der Waals surface area (Å²) in [6.07, 6.45) is 0.644. The van der Waals surface area contributed by atoms with Crippen molar-refractivity contribution >= 4 is 16.9 Å². The molecule has 0 nitrogen and oxygen atoms in total. The van der Waals surface area contributed by atoms with Crippen LogP contribution in [0.5, 0.6) is 0 Å². The zero-order valence-electron chi connectivity index (χ0n) is 6.02. The fourth-order valence-electron chi connectivity index (χ4n) is 0.700. The van der Waals surface area contributed by atoms with Gasteiger partial charge >= 0.3 is 0 Å². The molecule has 0 saturated carbocycles. The molecule has 1 aromatic rings. The van der Waals surface area contributed by atoms with E-state index >= 15 is 0 Å². The minimum Gasteiger partial charge on any atom is -0.215 e. The number of allylic oxidation sites excluding steroid dienone is 1. The first-order valence-corrected chi connectivity index (χ1v) is 3.89. The van der Waals surface area contributed by atoms with E-state index in [1.807, 2.05) is 19.1 Å². The van der Waals surface area contributed by atoms with Gasteiger partial charge in [-0.1, -0.05) is 0 Å². The van der Waals surface area contributed by atoms with Crippen LogP contribution in [0.3, 0.4) is 0 Å². The van der Waals surface area contributed by atoms with Crippen molar-refractivity contribution in [3.8, 4) is 0 Å². The second-order valence-corrected chi connectivity index (χ2v) is 3.49. The summed E-state index contributed by atoms with van der Waals surface area (Å²) in [7, 11) is 0. The quantitative estimate of drug-likeness (QED) is 0.584. The SMILES string of the molecule is C/C(=C/F)c1ccc(C)s1. The maximum Gasteiger partial charge on any atom is 0.0910 e. The van der Waals surface area contributed by atoms with E-state index < -0.39 is 0 Å². The van der Waals surface area contributed by atoms with Crippen LogP contribution in [0.4, 0.5) is 4.39 Å². The third-order valence-electron chi connectivity index (χ3n) is 1.29. The summed E-state index contributed by atoms with van der Waals surface area (Å²) in [5, 5.41) is 0. The van der Waals surface area contributed by atoms with Gasteiger partial charge in [-0.05, 0) is 31.6 Å². The lowest BCUT2D eigenvalue weighted by Gasteiger charge is -1.89. The smallest absolute Gasteiger partial charge is 0.0910 e. The fourth-order valence-corrected chi connectivity index (χ4v) is 1.52. The van der Waals surface area contributed by atoms with Gasteiger partial charge in [0.05, 0.1) is 6.33 Å². The molecule has 0 spiro atoms. The van der Waals surface area contributed by atoms with Crippen LogP contribution >= 0.6 is 11.3 Å². The van der Waals surface area contributed by atoms with Crippen LogP contribution < -0.4 is 0 Å². The summed E-state index contributed by atoms with van der Waals surface area (Å²) < 4.78 is 11.9. The Kier molecular flexibility index (Phi) is 2.22. The fraction of sp³-hybridized carbons (Fsp3) is 0.250. The first-order valence-electron chi connectivity index (χ1n) is 3.08. The Labute approximate surface area is 64.0 Å². The van der Waals surface area contributed by atoms with Gasteiger partial charge in [0.15, 0.2) is 0 Å². The number of hydrogen-bond acceptors (Lipinski definition) is 1. The van der Waals surface area contributed by atoms with E-state index in [0.717, 1.165) is 4.88 Å². The average Bonchev–Trinajstić information content (AvgIpc) is 2.34. The molecule has 0 unspecified atom stereocenters. The molecule has 0 amide bonds. The molecule has 0 aliphatic rings. The van der Waals surface area contributed by atoms with Crippen molar-refractivity contribution in [2.45, 2.75) is 13.8 Å². The van der Waals surface area contributed by atoms with Crippen LogP contribution in [0, 0.1) is 6.92 Å². The summed E-state index contributed by atoms with van der Waals surface area (Å²) in [4.78, 5) is 2.23. The first kappa shape index (κ1) is 7.48. The molecule has 0 fully saturated rings. The van der Waals surface area contributed by atoms with Crippen LogP contribution in [0.15, 0.2) is 18.5 Å². The van der Waals surface area contributed by atoms with Crippen LogP contribution in [-0.2, 0) is 0 Å². The Morgan fingerprint density at radius 1 is 1.60 bits per heavy atom. The molecule has 1 aromatic heterocycles. The molecule has 0 aliphatic heterocycles. The van der Waals surface area contributed by atoms with E-state index in [1.54, 1.807) is 18.3 Å². The monoisotopic (exact) mass is 156 g/mol. The number of rotatable bonds is 1. The van der Waals surface area contributed by atoms with Crippen molar-refractivity contribution in [2.24, 2.45) is 0 Å². The highest BCUT2D eigenvalue weighted by Gasteiger charge is 1.97. The van der Waals surface area contributed by atoms with Gasteiger partial charge in [-0.3, -0.25) is 0 Å². The van der Waals surface area contributed by atoms with Crippen LogP contribution in [0.2, 0.25) is 0 Å². The maximum absolute atomic E-state index is 11.9. The van der Waals surface area contributed by atoms with Gasteiger partial charge in [0.25, 0.3) is 0 Å². The van der Waals surface area contributed by atoms with Crippen molar-refractivity contribution in [3.05, 3.63) is 28.2 Å². The first-order chi connectivity index (χ1) is 4.74. The molecule has 0 atom stereocenters. The molecule has 0 bridgehead atoms. The molecule has 0 radical (unpaired) electrons. The van der Waals surface area contributed by atoms with E-state index in [4.69, 9.17) is 0 Å². The Bertz CT molecular complexity index is 248. The molecular formula is C8H9FS. The van der Waals surface area contributed by atoms with Gasteiger partial charge in [-0.2, -0.15) is 0 Å². The summed E-state index contributed by atoms with van der Waals surface area (Å²) in [6, 6.07) is 3.93. The highest BCUT2D eigenvalue weighted by Crippen LogP contribution is 2.22. The number of hydrogen-bond donors (Lipinski definition) is 0. The third kappa shape index (κ3) is 1.45. The molecule has 1 rings (SSSR count). The van der Waals surface area contributed by atoms with E-state index in [0.29, 0.717) is 11.9 Å². The lowest BCUT2D eigenvalue weighted by molar-refractivity contribution is 0.723.